The van der Waals surface area contributed by atoms with Crippen LogP contribution in [0.3, 0.4) is 0 Å². The van der Waals surface area contributed by atoms with Crippen LogP contribution in [0.25, 0.3) is 11.4 Å². The predicted octanol–water partition coefficient (Wildman–Crippen LogP) is 6.96. The van der Waals surface area contributed by atoms with E-state index >= 15 is 0 Å². The van der Waals surface area contributed by atoms with Crippen molar-refractivity contribution in [1.29, 1.82) is 0 Å². The zero-order valence-corrected chi connectivity index (χ0v) is 22.0. The number of rotatable bonds is 8. The van der Waals surface area contributed by atoms with Crippen LogP contribution in [0.15, 0.2) is 51.8 Å². The number of ether oxygens (including phenoxy) is 2. The maximum atomic E-state index is 11.2. The molecule has 0 saturated heterocycles. The molecule has 0 bridgehead atoms. The van der Waals surface area contributed by atoms with Crippen molar-refractivity contribution >= 4 is 34.5 Å². The maximum absolute atomic E-state index is 11.2. The maximum Gasteiger partial charge on any atom is 0.439 e. The van der Waals surface area contributed by atoms with Gasteiger partial charge in [0.25, 0.3) is 0 Å². The molecule has 0 spiro atoms. The number of thiazole rings is 1. The van der Waals surface area contributed by atoms with Gasteiger partial charge in [-0.05, 0) is 67.5 Å². The molecule has 0 aliphatic heterocycles. The molecule has 2 aromatic heterocycles. The average Bonchev–Trinajstić information content (AvgIpc) is 3.50. The van der Waals surface area contributed by atoms with E-state index in [0.717, 1.165) is 46.3 Å². The summed E-state index contributed by atoms with van der Waals surface area (Å²) in [4.78, 5) is 19.7. The Bertz CT molecular complexity index is 1370. The van der Waals surface area contributed by atoms with Crippen molar-refractivity contribution in [2.45, 2.75) is 50.7 Å². The summed E-state index contributed by atoms with van der Waals surface area (Å²) >= 11 is 14.1. The Balaban J connectivity index is 1.25. The number of aromatic nitrogens is 3. The van der Waals surface area contributed by atoms with E-state index in [1.807, 2.05) is 12.1 Å². The molecular weight excluding hydrogens is 521 g/mol. The molecule has 0 radical (unpaired) electrons. The summed E-state index contributed by atoms with van der Waals surface area (Å²) in [6.45, 7) is 0.807. The second-order valence-corrected chi connectivity index (χ2v) is 10.8. The molecule has 1 saturated carbocycles. The summed E-state index contributed by atoms with van der Waals surface area (Å²) in [7, 11) is 1.67. The third-order valence-corrected chi connectivity index (χ3v) is 8.30. The van der Waals surface area contributed by atoms with Crippen LogP contribution in [-0.2, 0) is 18.0 Å². The lowest BCUT2D eigenvalue weighted by atomic mass is 9.79. The Morgan fingerprint density at radius 3 is 2.47 bits per heavy atom. The van der Waals surface area contributed by atoms with E-state index < -0.39 is 5.76 Å². The van der Waals surface area contributed by atoms with Gasteiger partial charge >= 0.3 is 5.76 Å². The van der Waals surface area contributed by atoms with E-state index in [4.69, 9.17) is 37.7 Å². The summed E-state index contributed by atoms with van der Waals surface area (Å²) in [6.07, 6.45) is 4.49. The number of H-pyrrole nitrogens is 1. The first-order valence-corrected chi connectivity index (χ1v) is 13.3. The first-order valence-electron chi connectivity index (χ1n) is 11.7. The predicted molar refractivity (Wildman–Crippen MR) is 140 cm³/mol. The van der Waals surface area contributed by atoms with Crippen LogP contribution in [0.5, 0.6) is 5.75 Å². The van der Waals surface area contributed by atoms with Crippen LogP contribution < -0.4 is 10.5 Å². The Hall–Kier alpha value is -2.65. The monoisotopic (exact) mass is 545 g/mol. The van der Waals surface area contributed by atoms with Gasteiger partial charge in [-0.25, -0.2) is 9.78 Å². The lowest BCUT2D eigenvalue weighted by Crippen LogP contribution is -2.12. The second kappa shape index (κ2) is 11.2. The van der Waals surface area contributed by atoms with E-state index in [2.05, 4.69) is 26.8 Å². The fourth-order valence-electron chi connectivity index (χ4n) is 4.62. The smallest absolute Gasteiger partial charge is 0.439 e. The zero-order chi connectivity index (χ0) is 25.1. The van der Waals surface area contributed by atoms with Gasteiger partial charge in [-0.3, -0.25) is 9.51 Å². The number of nitrogens with one attached hydrogen (secondary N) is 1. The molecule has 0 unspecified atom stereocenters. The number of hydrogen-bond donors (Lipinski definition) is 1. The Morgan fingerprint density at radius 1 is 1.06 bits per heavy atom. The van der Waals surface area contributed by atoms with Gasteiger partial charge in [-0.2, -0.15) is 0 Å². The molecule has 188 valence electrons. The molecule has 10 heteroatoms. The number of nitrogens with zero attached hydrogens (tertiary/aromatic N) is 2. The van der Waals surface area contributed by atoms with Crippen LogP contribution in [0.4, 0.5) is 0 Å². The highest BCUT2D eigenvalue weighted by Crippen LogP contribution is 2.42. The van der Waals surface area contributed by atoms with Gasteiger partial charge in [0.05, 0.1) is 27.2 Å². The summed E-state index contributed by atoms with van der Waals surface area (Å²) in [5.41, 5.74) is 2.84. The summed E-state index contributed by atoms with van der Waals surface area (Å²) in [5.74, 6) is 1.27. The third kappa shape index (κ3) is 5.67. The fraction of sp³-hybridized carbons (Fsp3) is 0.346. The molecule has 2 aromatic carbocycles. The highest BCUT2D eigenvalue weighted by molar-refractivity contribution is 7.11. The molecule has 5 rings (SSSR count). The van der Waals surface area contributed by atoms with Gasteiger partial charge in [0.1, 0.15) is 12.4 Å². The van der Waals surface area contributed by atoms with Gasteiger partial charge in [-0.15, -0.1) is 11.3 Å². The Kier molecular flexibility index (Phi) is 7.76. The summed E-state index contributed by atoms with van der Waals surface area (Å²) < 4.78 is 16.0. The molecule has 1 aliphatic carbocycles. The number of halogens is 2. The first kappa shape index (κ1) is 25.0. The van der Waals surface area contributed by atoms with Crippen LogP contribution in [-0.4, -0.2) is 22.2 Å². The average molecular weight is 546 g/mol. The van der Waals surface area contributed by atoms with E-state index in [1.54, 1.807) is 36.6 Å². The Labute approximate surface area is 222 Å². The highest BCUT2D eigenvalue weighted by Gasteiger charge is 2.27. The van der Waals surface area contributed by atoms with E-state index in [0.29, 0.717) is 41.4 Å². The quantitative estimate of drug-likeness (QED) is 0.257. The van der Waals surface area contributed by atoms with Gasteiger partial charge < -0.3 is 9.47 Å². The second-order valence-electron chi connectivity index (χ2n) is 8.83. The van der Waals surface area contributed by atoms with Crippen molar-refractivity contribution in [2.24, 2.45) is 0 Å². The molecule has 7 nitrogen and oxygen atoms in total. The van der Waals surface area contributed by atoms with E-state index in [1.165, 1.54) is 5.56 Å². The first-order chi connectivity index (χ1) is 17.5. The van der Waals surface area contributed by atoms with Crippen LogP contribution in [0.2, 0.25) is 10.0 Å². The van der Waals surface area contributed by atoms with Crippen LogP contribution in [0, 0.1) is 0 Å². The fourth-order valence-corrected chi connectivity index (χ4v) is 6.16. The van der Waals surface area contributed by atoms with Crippen molar-refractivity contribution < 1.29 is 14.0 Å². The zero-order valence-electron chi connectivity index (χ0n) is 19.6. The molecule has 2 heterocycles. The van der Waals surface area contributed by atoms with Crippen molar-refractivity contribution in [1.82, 2.24) is 15.1 Å². The van der Waals surface area contributed by atoms with E-state index in [-0.39, 0.29) is 5.82 Å². The number of aromatic amines is 1. The largest absolute Gasteiger partial charge is 0.488 e. The lowest BCUT2D eigenvalue weighted by molar-refractivity contribution is 0.179. The van der Waals surface area contributed by atoms with E-state index in [9.17, 15) is 4.79 Å². The summed E-state index contributed by atoms with van der Waals surface area (Å²) in [5, 5.41) is 6.01. The van der Waals surface area contributed by atoms with Crippen LogP contribution >= 0.6 is 34.5 Å². The van der Waals surface area contributed by atoms with Gasteiger partial charge in [0.2, 0.25) is 0 Å². The molecular formula is C26H25Cl2N3O4S. The number of methoxy groups -OCH3 is 1. The molecule has 0 amide bonds. The van der Waals surface area contributed by atoms with Crippen molar-refractivity contribution in [2.75, 3.05) is 7.11 Å². The molecule has 1 aliphatic rings. The standard InChI is InChI=1S/C26H25Cl2N3O4S/c1-33-13-22-23(14-34-19-10-11-20(21(28)12-19)24-30-26(32)35-31-24)36-25(29-22)17-4-2-15(3-5-17)16-6-8-18(27)9-7-16/h6-12,15,17H,2-5,13-14H2,1H3,(H,30,31,32). The lowest BCUT2D eigenvalue weighted by Gasteiger charge is -2.27. The third-order valence-electron chi connectivity index (χ3n) is 6.50. The Morgan fingerprint density at radius 2 is 1.81 bits per heavy atom. The number of hydrogen-bond acceptors (Lipinski definition) is 7. The van der Waals surface area contributed by atoms with Gasteiger partial charge in [-0.1, -0.05) is 40.5 Å². The SMILES string of the molecule is COCc1nc(C2CCC(c3ccc(Cl)cc3)CC2)sc1COc1ccc(-c2noc(=O)[nH]2)c(Cl)c1. The van der Waals surface area contributed by atoms with Crippen LogP contribution in [0.1, 0.15) is 58.7 Å². The topological polar surface area (TPSA) is 90.2 Å². The molecule has 36 heavy (non-hydrogen) atoms. The van der Waals surface area contributed by atoms with Gasteiger partial charge in [0, 0.05) is 23.6 Å². The minimum absolute atomic E-state index is 0.275. The molecule has 1 fully saturated rings. The van der Waals surface area contributed by atoms with Crippen molar-refractivity contribution in [3.63, 3.8) is 0 Å². The minimum atomic E-state index is -0.633. The summed E-state index contributed by atoms with van der Waals surface area (Å²) in [6, 6.07) is 13.5. The van der Waals surface area contributed by atoms with Crippen molar-refractivity contribution in [3.8, 4) is 17.1 Å². The molecule has 1 N–H and O–H groups in total. The number of benzene rings is 2. The molecule has 0 atom stereocenters. The van der Waals surface area contributed by atoms with Gasteiger partial charge in [0.15, 0.2) is 5.82 Å². The van der Waals surface area contributed by atoms with Crippen molar-refractivity contribution in [3.05, 3.63) is 84.2 Å². The highest BCUT2D eigenvalue weighted by atomic mass is 35.5. The minimum Gasteiger partial charge on any atom is -0.488 e. The normalized spacial score (nSPS) is 17.9. The molecule has 4 aromatic rings.